The van der Waals surface area contributed by atoms with Gasteiger partial charge in [-0.25, -0.2) is 4.74 Å². The molecular weight excluding hydrogens is 290 g/mol. The number of methoxy groups -OCH3 is 1. The normalized spacial score (nSPS) is 12.1. The molecule has 0 spiro atoms. The molecule has 0 atom stereocenters. The summed E-state index contributed by atoms with van der Waals surface area (Å²) in [4.78, 5) is 0. The average molecular weight is 313 g/mol. The van der Waals surface area contributed by atoms with Crippen LogP contribution in [0, 0.1) is 5.21 Å². The summed E-state index contributed by atoms with van der Waals surface area (Å²) in [5.41, 5.74) is 1.39. The number of ether oxygens (including phenoxy) is 2. The van der Waals surface area contributed by atoms with Crippen LogP contribution < -0.4 is 9.47 Å². The molecule has 2 rings (SSSR count). The van der Waals surface area contributed by atoms with E-state index in [1.807, 2.05) is 63.2 Å². The molecule has 0 saturated carbocycles. The van der Waals surface area contributed by atoms with E-state index in [4.69, 9.17) is 9.47 Å². The van der Waals surface area contributed by atoms with Crippen molar-refractivity contribution in [1.29, 1.82) is 0 Å². The van der Waals surface area contributed by atoms with E-state index in [9.17, 15) is 5.21 Å². The molecule has 0 N–H and O–H groups in total. The van der Waals surface area contributed by atoms with Crippen molar-refractivity contribution in [3.63, 3.8) is 0 Å². The van der Waals surface area contributed by atoms with Crippen LogP contribution in [0.2, 0.25) is 0 Å². The van der Waals surface area contributed by atoms with Gasteiger partial charge in [0.25, 0.3) is 0 Å². The lowest BCUT2D eigenvalue weighted by Crippen LogP contribution is -2.29. The first-order valence-corrected chi connectivity index (χ1v) is 7.56. The summed E-state index contributed by atoms with van der Waals surface area (Å²) in [5.74, 6) is 1.26. The average Bonchev–Trinajstić information content (AvgIpc) is 2.53. The number of hydrogen-bond acceptors (Lipinski definition) is 3. The summed E-state index contributed by atoms with van der Waals surface area (Å²) in [6.45, 7) is 6.07. The predicted molar refractivity (Wildman–Crippen MR) is 92.3 cm³/mol. The Labute approximate surface area is 137 Å². The molecule has 4 nitrogen and oxygen atoms in total. The summed E-state index contributed by atoms with van der Waals surface area (Å²) >= 11 is 0. The van der Waals surface area contributed by atoms with Gasteiger partial charge >= 0.3 is 0 Å². The number of benzene rings is 2. The van der Waals surface area contributed by atoms with E-state index in [2.05, 4.69) is 0 Å². The third kappa shape index (κ3) is 4.74. The maximum atomic E-state index is 12.0. The van der Waals surface area contributed by atoms with Gasteiger partial charge in [-0.15, -0.1) is 0 Å². The smallest absolute Gasteiger partial charge is 0.182 e. The zero-order valence-electron chi connectivity index (χ0n) is 14.1. The second-order valence-corrected chi connectivity index (χ2v) is 6.31. The van der Waals surface area contributed by atoms with Gasteiger partial charge < -0.3 is 14.7 Å². The summed E-state index contributed by atoms with van der Waals surface area (Å²) in [5, 5.41) is 12.0. The van der Waals surface area contributed by atoms with Gasteiger partial charge in [0.2, 0.25) is 0 Å². The molecule has 2 aromatic rings. The van der Waals surface area contributed by atoms with Crippen molar-refractivity contribution in [3.05, 3.63) is 64.9 Å². The minimum Gasteiger partial charge on any atom is -0.623 e. The third-order valence-corrected chi connectivity index (χ3v) is 3.35. The Bertz CT molecular complexity index is 673. The van der Waals surface area contributed by atoms with Crippen LogP contribution in [0.4, 0.5) is 0 Å². The molecule has 122 valence electrons. The Morgan fingerprint density at radius 1 is 1.04 bits per heavy atom. The van der Waals surface area contributed by atoms with Crippen molar-refractivity contribution in [2.75, 3.05) is 7.11 Å². The molecule has 0 radical (unpaired) electrons. The Hall–Kier alpha value is -2.49. The van der Waals surface area contributed by atoms with E-state index in [0.717, 1.165) is 15.9 Å². The highest BCUT2D eigenvalue weighted by atomic mass is 16.5. The first-order valence-electron chi connectivity index (χ1n) is 7.56. The van der Waals surface area contributed by atoms with Crippen molar-refractivity contribution in [2.45, 2.75) is 32.9 Å². The van der Waals surface area contributed by atoms with Crippen LogP contribution >= 0.6 is 0 Å². The van der Waals surface area contributed by atoms with Crippen LogP contribution in [0.1, 0.15) is 31.9 Å². The number of hydrogen-bond donors (Lipinski definition) is 0. The quantitative estimate of drug-likeness (QED) is 0.363. The Kier molecular flexibility index (Phi) is 5.27. The van der Waals surface area contributed by atoms with Gasteiger partial charge in [0.1, 0.15) is 6.61 Å². The zero-order chi connectivity index (χ0) is 16.9. The fraction of sp³-hybridized carbons (Fsp3) is 0.316. The SMILES string of the molecule is COc1cc(C=[N+]([O-])C(C)(C)C)ccc1OCc1ccccc1. The molecule has 0 fully saturated rings. The largest absolute Gasteiger partial charge is 0.623 e. The molecule has 0 aliphatic carbocycles. The highest BCUT2D eigenvalue weighted by Gasteiger charge is 2.18. The summed E-state index contributed by atoms with van der Waals surface area (Å²) in [6.07, 6.45) is 1.56. The molecule has 0 aromatic heterocycles. The summed E-state index contributed by atoms with van der Waals surface area (Å²) in [6, 6.07) is 15.4. The Morgan fingerprint density at radius 3 is 2.35 bits per heavy atom. The summed E-state index contributed by atoms with van der Waals surface area (Å²) in [7, 11) is 1.59. The molecular formula is C19H23NO3. The topological polar surface area (TPSA) is 44.5 Å². The van der Waals surface area contributed by atoms with Crippen LogP contribution in [0.5, 0.6) is 11.5 Å². The summed E-state index contributed by atoms with van der Waals surface area (Å²) < 4.78 is 12.1. The van der Waals surface area contributed by atoms with Crippen LogP contribution in [0.3, 0.4) is 0 Å². The first-order chi connectivity index (χ1) is 10.9. The second kappa shape index (κ2) is 7.18. The number of hydroxylamine groups is 1. The lowest BCUT2D eigenvalue weighted by atomic mass is 10.1. The lowest BCUT2D eigenvalue weighted by molar-refractivity contribution is -0.530. The maximum Gasteiger partial charge on any atom is 0.182 e. The van der Waals surface area contributed by atoms with Crippen LogP contribution in [0.25, 0.3) is 0 Å². The van der Waals surface area contributed by atoms with Gasteiger partial charge in [-0.3, -0.25) is 0 Å². The molecule has 0 amide bonds. The van der Waals surface area contributed by atoms with Gasteiger partial charge in [0.05, 0.1) is 7.11 Å². The molecule has 0 saturated heterocycles. The van der Waals surface area contributed by atoms with Gasteiger partial charge in [-0.1, -0.05) is 30.3 Å². The van der Waals surface area contributed by atoms with Crippen molar-refractivity contribution >= 4 is 6.21 Å². The van der Waals surface area contributed by atoms with E-state index in [1.54, 1.807) is 19.4 Å². The fourth-order valence-electron chi connectivity index (χ4n) is 1.95. The van der Waals surface area contributed by atoms with Crippen molar-refractivity contribution in [3.8, 4) is 11.5 Å². The van der Waals surface area contributed by atoms with E-state index in [1.165, 1.54) is 0 Å². The third-order valence-electron chi connectivity index (χ3n) is 3.35. The minimum atomic E-state index is -0.476. The number of nitrogens with zero attached hydrogens (tertiary/aromatic N) is 1. The number of rotatable bonds is 5. The molecule has 4 heteroatoms. The van der Waals surface area contributed by atoms with Gasteiger partial charge in [-0.2, -0.15) is 0 Å². The van der Waals surface area contributed by atoms with Gasteiger partial charge in [0, 0.05) is 26.3 Å². The van der Waals surface area contributed by atoms with Crippen molar-refractivity contribution in [1.82, 2.24) is 0 Å². The van der Waals surface area contributed by atoms with Gasteiger partial charge in [-0.05, 0) is 23.8 Å². The lowest BCUT2D eigenvalue weighted by Gasteiger charge is -2.18. The molecule has 0 heterocycles. The molecule has 0 aliphatic rings. The Balaban J connectivity index is 2.17. The van der Waals surface area contributed by atoms with Crippen molar-refractivity contribution in [2.24, 2.45) is 0 Å². The van der Waals surface area contributed by atoms with Gasteiger partial charge in [0.15, 0.2) is 23.3 Å². The fourth-order valence-corrected chi connectivity index (χ4v) is 1.95. The maximum absolute atomic E-state index is 12.0. The van der Waals surface area contributed by atoms with E-state index < -0.39 is 5.54 Å². The van der Waals surface area contributed by atoms with E-state index in [0.29, 0.717) is 18.1 Å². The van der Waals surface area contributed by atoms with E-state index >= 15 is 0 Å². The molecule has 0 bridgehead atoms. The first kappa shape index (κ1) is 16.9. The van der Waals surface area contributed by atoms with Crippen LogP contribution in [-0.2, 0) is 6.61 Å². The standard InChI is InChI=1S/C19H23NO3/c1-19(2,3)20(21)13-16-10-11-17(18(12-16)22-4)23-14-15-8-6-5-7-9-15/h5-13H,14H2,1-4H3. The zero-order valence-corrected chi connectivity index (χ0v) is 14.1. The molecule has 2 aromatic carbocycles. The van der Waals surface area contributed by atoms with Crippen molar-refractivity contribution < 1.29 is 14.2 Å². The second-order valence-electron chi connectivity index (χ2n) is 6.31. The highest BCUT2D eigenvalue weighted by molar-refractivity contribution is 5.77. The minimum absolute atomic E-state index is 0.468. The van der Waals surface area contributed by atoms with E-state index in [-0.39, 0.29) is 0 Å². The highest BCUT2D eigenvalue weighted by Crippen LogP contribution is 2.28. The molecule has 0 unspecified atom stereocenters. The molecule has 0 aliphatic heterocycles. The molecule has 23 heavy (non-hydrogen) atoms. The van der Waals surface area contributed by atoms with Crippen LogP contribution in [-0.4, -0.2) is 23.6 Å². The monoisotopic (exact) mass is 313 g/mol. The van der Waals surface area contributed by atoms with Crippen LogP contribution in [0.15, 0.2) is 48.5 Å². The Morgan fingerprint density at radius 2 is 1.74 bits per heavy atom. The predicted octanol–water partition coefficient (Wildman–Crippen LogP) is 4.00.